The lowest BCUT2D eigenvalue weighted by atomic mass is 10.1. The molecule has 1 unspecified atom stereocenters. The Bertz CT molecular complexity index is 533. The Morgan fingerprint density at radius 2 is 2.25 bits per heavy atom. The lowest BCUT2D eigenvalue weighted by Crippen LogP contribution is -2.04. The molecule has 4 heteroatoms. The van der Waals surface area contributed by atoms with Crippen LogP contribution in [0.1, 0.15) is 25.5 Å². The zero-order valence-corrected chi connectivity index (χ0v) is 9.08. The molecule has 1 atom stereocenters. The van der Waals surface area contributed by atoms with Crippen LogP contribution in [0.15, 0.2) is 24.4 Å². The van der Waals surface area contributed by atoms with Gasteiger partial charge in [-0.25, -0.2) is 4.39 Å². The number of fused-ring (bicyclic) bond motifs is 1. The normalized spacial score (nSPS) is 12.7. The van der Waals surface area contributed by atoms with Crippen molar-refractivity contribution < 1.29 is 13.9 Å². The maximum absolute atomic E-state index is 13.6. The molecule has 3 nitrogen and oxygen atoms in total. The highest BCUT2D eigenvalue weighted by Gasteiger charge is 2.16. The number of rotatable bonds is 2. The Balaban J connectivity index is 2.48. The van der Waals surface area contributed by atoms with Gasteiger partial charge >= 0.3 is 5.97 Å². The van der Waals surface area contributed by atoms with Gasteiger partial charge in [0.25, 0.3) is 0 Å². The Kier molecular flexibility index (Phi) is 2.64. The SMILES string of the molecule is CC(=O)OC(C)c1c[nH]c2cccc(F)c12. The summed E-state index contributed by atoms with van der Waals surface area (Å²) < 4.78 is 18.6. The molecule has 0 spiro atoms. The second kappa shape index (κ2) is 3.96. The van der Waals surface area contributed by atoms with E-state index in [4.69, 9.17) is 4.74 Å². The predicted octanol–water partition coefficient (Wildman–Crippen LogP) is 2.93. The molecule has 2 aromatic rings. The van der Waals surface area contributed by atoms with Crippen molar-refractivity contribution in [1.82, 2.24) is 4.98 Å². The van der Waals surface area contributed by atoms with Crippen molar-refractivity contribution in [2.75, 3.05) is 0 Å². The molecule has 0 aliphatic heterocycles. The van der Waals surface area contributed by atoms with Crippen LogP contribution in [-0.4, -0.2) is 11.0 Å². The lowest BCUT2D eigenvalue weighted by Gasteiger charge is -2.10. The van der Waals surface area contributed by atoms with Crippen molar-refractivity contribution >= 4 is 16.9 Å². The second-order valence-corrected chi connectivity index (χ2v) is 3.66. The smallest absolute Gasteiger partial charge is 0.303 e. The van der Waals surface area contributed by atoms with Crippen LogP contribution in [0, 0.1) is 5.82 Å². The second-order valence-electron chi connectivity index (χ2n) is 3.66. The van der Waals surface area contributed by atoms with E-state index in [1.54, 1.807) is 25.3 Å². The summed E-state index contributed by atoms with van der Waals surface area (Å²) in [5.41, 5.74) is 1.36. The summed E-state index contributed by atoms with van der Waals surface area (Å²) in [5.74, 6) is -0.689. The van der Waals surface area contributed by atoms with Gasteiger partial charge in [-0.15, -0.1) is 0 Å². The Hall–Kier alpha value is -1.84. The highest BCUT2D eigenvalue weighted by molar-refractivity contribution is 5.84. The van der Waals surface area contributed by atoms with E-state index in [0.29, 0.717) is 16.5 Å². The monoisotopic (exact) mass is 221 g/mol. The number of benzene rings is 1. The molecule has 0 aliphatic carbocycles. The van der Waals surface area contributed by atoms with Gasteiger partial charge in [0, 0.05) is 29.6 Å². The van der Waals surface area contributed by atoms with Gasteiger partial charge < -0.3 is 9.72 Å². The minimum Gasteiger partial charge on any atom is -0.458 e. The molecule has 1 heterocycles. The van der Waals surface area contributed by atoms with E-state index in [-0.39, 0.29) is 11.8 Å². The zero-order chi connectivity index (χ0) is 11.7. The maximum Gasteiger partial charge on any atom is 0.303 e. The first-order valence-electron chi connectivity index (χ1n) is 5.02. The number of aromatic amines is 1. The predicted molar refractivity (Wildman–Crippen MR) is 58.4 cm³/mol. The third kappa shape index (κ3) is 1.78. The standard InChI is InChI=1S/C12H12FNO2/c1-7(16-8(2)15)9-6-14-11-5-3-4-10(13)12(9)11/h3-7,14H,1-2H3. The van der Waals surface area contributed by atoms with Gasteiger partial charge in [0.1, 0.15) is 11.9 Å². The van der Waals surface area contributed by atoms with Crippen LogP contribution in [0.2, 0.25) is 0 Å². The molecule has 1 aromatic carbocycles. The van der Waals surface area contributed by atoms with Gasteiger partial charge in [0.15, 0.2) is 0 Å². The summed E-state index contributed by atoms with van der Waals surface area (Å²) in [6.45, 7) is 3.05. The van der Waals surface area contributed by atoms with Crippen molar-refractivity contribution in [2.24, 2.45) is 0 Å². The average molecular weight is 221 g/mol. The molecular weight excluding hydrogens is 209 g/mol. The van der Waals surface area contributed by atoms with Crippen LogP contribution < -0.4 is 0 Å². The van der Waals surface area contributed by atoms with Crippen LogP contribution in [0.4, 0.5) is 4.39 Å². The van der Waals surface area contributed by atoms with Crippen LogP contribution >= 0.6 is 0 Å². The van der Waals surface area contributed by atoms with Gasteiger partial charge in [-0.05, 0) is 19.1 Å². The first kappa shape index (κ1) is 10.7. The Morgan fingerprint density at radius 1 is 1.50 bits per heavy atom. The van der Waals surface area contributed by atoms with Crippen molar-refractivity contribution in [3.05, 3.63) is 35.8 Å². The fraction of sp³-hybridized carbons (Fsp3) is 0.250. The van der Waals surface area contributed by atoms with Crippen LogP contribution in [0.3, 0.4) is 0 Å². The summed E-state index contributed by atoms with van der Waals surface area (Å²) in [5, 5.41) is 0.483. The van der Waals surface area contributed by atoms with E-state index in [0.717, 1.165) is 0 Å². The maximum atomic E-state index is 13.6. The molecule has 0 radical (unpaired) electrons. The molecule has 1 aromatic heterocycles. The highest BCUT2D eigenvalue weighted by atomic mass is 19.1. The van der Waals surface area contributed by atoms with E-state index in [1.165, 1.54) is 13.0 Å². The third-order valence-corrected chi connectivity index (χ3v) is 2.47. The molecule has 0 aliphatic rings. The Morgan fingerprint density at radius 3 is 2.94 bits per heavy atom. The van der Waals surface area contributed by atoms with Crippen molar-refractivity contribution in [1.29, 1.82) is 0 Å². The van der Waals surface area contributed by atoms with Gasteiger partial charge in [0.05, 0.1) is 0 Å². The van der Waals surface area contributed by atoms with Gasteiger partial charge in [-0.1, -0.05) is 6.07 Å². The zero-order valence-electron chi connectivity index (χ0n) is 9.08. The van der Waals surface area contributed by atoms with Crippen LogP contribution in [-0.2, 0) is 9.53 Å². The number of aromatic nitrogens is 1. The summed E-state index contributed by atoms with van der Waals surface area (Å²) in [6, 6.07) is 4.80. The lowest BCUT2D eigenvalue weighted by molar-refractivity contribution is -0.145. The van der Waals surface area contributed by atoms with E-state index in [2.05, 4.69) is 4.98 Å². The molecule has 0 saturated heterocycles. The molecule has 0 saturated carbocycles. The number of esters is 1. The number of nitrogens with one attached hydrogen (secondary N) is 1. The average Bonchev–Trinajstić information content (AvgIpc) is 2.61. The summed E-state index contributed by atoms with van der Waals surface area (Å²) >= 11 is 0. The summed E-state index contributed by atoms with van der Waals surface area (Å²) in [6.07, 6.45) is 1.21. The van der Waals surface area contributed by atoms with Crippen LogP contribution in [0.25, 0.3) is 10.9 Å². The number of halogens is 1. The fourth-order valence-corrected chi connectivity index (χ4v) is 1.80. The van der Waals surface area contributed by atoms with E-state index < -0.39 is 6.10 Å². The summed E-state index contributed by atoms with van der Waals surface area (Å²) in [7, 11) is 0. The van der Waals surface area contributed by atoms with E-state index in [1.807, 2.05) is 0 Å². The van der Waals surface area contributed by atoms with Crippen molar-refractivity contribution in [2.45, 2.75) is 20.0 Å². The minimum atomic E-state index is -0.455. The third-order valence-electron chi connectivity index (χ3n) is 2.47. The summed E-state index contributed by atoms with van der Waals surface area (Å²) in [4.78, 5) is 13.8. The molecular formula is C12H12FNO2. The Labute approximate surface area is 92.2 Å². The molecule has 16 heavy (non-hydrogen) atoms. The minimum absolute atomic E-state index is 0.312. The topological polar surface area (TPSA) is 42.1 Å². The fourth-order valence-electron chi connectivity index (χ4n) is 1.80. The molecule has 0 amide bonds. The van der Waals surface area contributed by atoms with E-state index in [9.17, 15) is 9.18 Å². The number of ether oxygens (including phenoxy) is 1. The molecule has 2 rings (SSSR count). The van der Waals surface area contributed by atoms with Gasteiger partial charge in [-0.3, -0.25) is 4.79 Å². The van der Waals surface area contributed by atoms with Crippen molar-refractivity contribution in [3.63, 3.8) is 0 Å². The van der Waals surface area contributed by atoms with Crippen molar-refractivity contribution in [3.8, 4) is 0 Å². The quantitative estimate of drug-likeness (QED) is 0.792. The van der Waals surface area contributed by atoms with E-state index >= 15 is 0 Å². The first-order valence-corrected chi connectivity index (χ1v) is 5.02. The van der Waals surface area contributed by atoms with Gasteiger partial charge in [-0.2, -0.15) is 0 Å². The largest absolute Gasteiger partial charge is 0.458 e. The molecule has 84 valence electrons. The number of hydrogen-bond acceptors (Lipinski definition) is 2. The molecule has 1 N–H and O–H groups in total. The number of carbonyl (C=O) groups is 1. The molecule has 0 fully saturated rings. The highest BCUT2D eigenvalue weighted by Crippen LogP contribution is 2.28. The number of hydrogen-bond donors (Lipinski definition) is 1. The number of carbonyl (C=O) groups excluding carboxylic acids is 1. The first-order chi connectivity index (χ1) is 7.59. The molecule has 0 bridgehead atoms. The number of H-pyrrole nitrogens is 1. The van der Waals surface area contributed by atoms with Crippen LogP contribution in [0.5, 0.6) is 0 Å². The van der Waals surface area contributed by atoms with Gasteiger partial charge in [0.2, 0.25) is 0 Å².